The average molecular weight is 731 g/mol. The normalized spacial score (nSPS) is 46.7. The maximum absolute atomic E-state index is 14.1. The standard InChI is InChI=1S/C39H54O13/c1-8-9-10-11-12-13-14-15-36-50-30-27-29-35(19-40,49-29)33(44)37(45)24(18-23(6)28(37)43)38(27,51-36)31(47-25(41)16-21(2)3)32(48-26(42)17-22(4)5)39(30,52-36)34(7)20-46-34/h12-15,18,21-22,24,27,29-33,40,44-45H,8-11,16-17,19-20H2,1-7H3/b13-12+,15-14+/t24-,27+,29+,30-,31-,32+,33-,34?,35+,36?,37-,38+,39-/m1/s1. The number of fused-ring (bicyclic) bond motifs is 3. The van der Waals surface area contributed by atoms with Crippen molar-refractivity contribution in [2.24, 2.45) is 23.7 Å². The Labute approximate surface area is 304 Å². The average Bonchev–Trinajstić information content (AvgIpc) is 3.97. The first kappa shape index (κ1) is 37.8. The Kier molecular flexibility index (Phi) is 9.30. The molecule has 0 aromatic heterocycles. The van der Waals surface area contributed by atoms with Crippen LogP contribution >= 0.6 is 0 Å². The first-order valence-electron chi connectivity index (χ1n) is 18.9. The molecule has 7 aliphatic rings. The lowest BCUT2D eigenvalue weighted by atomic mass is 9.54. The SMILES string of the molecule is CCCCC/C=C/C=C/C12O[C@@H]3[C@@H]4[C@@H]5O[C@]5(CO)[C@@H](O)[C@]5(O)C(=O)C(C)=C[C@H]5[C@@]4(O1)[C@H](OC(=O)CC(C)C)[C@H](OC(=O)CC(C)C)[C@]3(C1(C)CO1)O2. The van der Waals surface area contributed by atoms with E-state index < -0.39 is 101 Å². The number of allylic oxidation sites excluding steroid dienone is 3. The minimum atomic E-state index is -2.60. The summed E-state index contributed by atoms with van der Waals surface area (Å²) in [7, 11) is 0. The van der Waals surface area contributed by atoms with E-state index in [1.54, 1.807) is 19.1 Å². The van der Waals surface area contributed by atoms with Gasteiger partial charge in [0.15, 0.2) is 29.2 Å². The van der Waals surface area contributed by atoms with Gasteiger partial charge in [0.2, 0.25) is 0 Å². The molecule has 3 bridgehead atoms. The summed E-state index contributed by atoms with van der Waals surface area (Å²) in [5.41, 5.74) is -9.10. The van der Waals surface area contributed by atoms with Gasteiger partial charge >= 0.3 is 17.9 Å². The number of Topliss-reactive ketones (excluding diaryl/α,β-unsaturated/α-hetero) is 1. The molecule has 4 heterocycles. The fourth-order valence-corrected chi connectivity index (χ4v) is 9.72. The summed E-state index contributed by atoms with van der Waals surface area (Å²) in [5, 5.41) is 35.5. The lowest BCUT2D eigenvalue weighted by Gasteiger charge is -2.61. The van der Waals surface area contributed by atoms with Crippen LogP contribution in [0, 0.1) is 23.7 Å². The second kappa shape index (κ2) is 12.8. The number of ether oxygens (including phenoxy) is 7. The van der Waals surface area contributed by atoms with Gasteiger partial charge in [-0.2, -0.15) is 0 Å². The van der Waals surface area contributed by atoms with Gasteiger partial charge in [-0.1, -0.05) is 71.8 Å². The number of aliphatic hydroxyl groups is 3. The molecular formula is C39H54O13. The Bertz CT molecular complexity index is 1560. The molecule has 0 amide bonds. The number of carbonyl (C=O) groups excluding carboxylic acids is 3. The van der Waals surface area contributed by atoms with Gasteiger partial charge in [0.1, 0.15) is 35.1 Å². The second-order valence-corrected chi connectivity index (χ2v) is 16.9. The van der Waals surface area contributed by atoms with Crippen molar-refractivity contribution in [3.05, 3.63) is 36.0 Å². The Morgan fingerprint density at radius 3 is 2.25 bits per heavy atom. The smallest absolute Gasteiger partial charge is 0.306 e. The summed E-state index contributed by atoms with van der Waals surface area (Å²) < 4.78 is 46.2. The van der Waals surface area contributed by atoms with E-state index in [2.05, 4.69) is 6.92 Å². The summed E-state index contributed by atoms with van der Waals surface area (Å²) >= 11 is 0. The van der Waals surface area contributed by atoms with Crippen molar-refractivity contribution in [1.82, 2.24) is 0 Å². The Morgan fingerprint density at radius 2 is 1.65 bits per heavy atom. The number of rotatable bonds is 14. The Balaban J connectivity index is 1.48. The van der Waals surface area contributed by atoms with Crippen LogP contribution in [0.1, 0.15) is 87.0 Å². The zero-order chi connectivity index (χ0) is 37.6. The van der Waals surface area contributed by atoms with Crippen LogP contribution < -0.4 is 0 Å². The minimum absolute atomic E-state index is 0.00873. The van der Waals surface area contributed by atoms with Crippen LogP contribution in [-0.4, -0.2) is 111 Å². The predicted molar refractivity (Wildman–Crippen MR) is 182 cm³/mol. The quantitative estimate of drug-likeness (QED) is 0.103. The molecule has 288 valence electrons. The molecule has 6 fully saturated rings. The van der Waals surface area contributed by atoms with Crippen molar-refractivity contribution >= 4 is 17.7 Å². The number of unbranched alkanes of at least 4 members (excludes halogenated alkanes) is 3. The van der Waals surface area contributed by atoms with Crippen LogP contribution in [0.5, 0.6) is 0 Å². The van der Waals surface area contributed by atoms with E-state index in [0.717, 1.165) is 25.7 Å². The highest BCUT2D eigenvalue weighted by Crippen LogP contribution is 2.74. The molecule has 2 saturated carbocycles. The molecule has 2 unspecified atom stereocenters. The van der Waals surface area contributed by atoms with E-state index in [9.17, 15) is 29.7 Å². The minimum Gasteiger partial charge on any atom is -0.455 e. The van der Waals surface area contributed by atoms with E-state index in [0.29, 0.717) is 0 Å². The van der Waals surface area contributed by atoms with Gasteiger partial charge in [-0.25, -0.2) is 0 Å². The van der Waals surface area contributed by atoms with E-state index in [4.69, 9.17) is 33.2 Å². The lowest BCUT2D eigenvalue weighted by molar-refractivity contribution is -0.412. The van der Waals surface area contributed by atoms with E-state index in [1.165, 1.54) is 13.0 Å². The van der Waals surface area contributed by atoms with Gasteiger partial charge in [0, 0.05) is 18.9 Å². The van der Waals surface area contributed by atoms with Gasteiger partial charge < -0.3 is 48.5 Å². The zero-order valence-electron chi connectivity index (χ0n) is 31.2. The van der Waals surface area contributed by atoms with Gasteiger partial charge in [-0.3, -0.25) is 14.4 Å². The van der Waals surface area contributed by atoms with Crippen LogP contribution in [0.3, 0.4) is 0 Å². The largest absolute Gasteiger partial charge is 0.455 e. The third kappa shape index (κ3) is 5.21. The maximum atomic E-state index is 14.1. The molecule has 3 N–H and O–H groups in total. The Hall–Kier alpha value is -2.49. The molecule has 4 saturated heterocycles. The third-order valence-corrected chi connectivity index (χ3v) is 12.2. The van der Waals surface area contributed by atoms with Crippen LogP contribution in [-0.2, 0) is 47.5 Å². The molecule has 0 aromatic carbocycles. The number of aliphatic hydroxyl groups excluding tert-OH is 2. The van der Waals surface area contributed by atoms with E-state index >= 15 is 0 Å². The van der Waals surface area contributed by atoms with Crippen LogP contribution in [0.25, 0.3) is 0 Å². The van der Waals surface area contributed by atoms with Crippen molar-refractivity contribution in [2.75, 3.05) is 13.2 Å². The molecule has 4 aliphatic heterocycles. The predicted octanol–water partition coefficient (Wildman–Crippen LogP) is 2.97. The van der Waals surface area contributed by atoms with Crippen LogP contribution in [0.2, 0.25) is 0 Å². The summed E-state index contributed by atoms with van der Waals surface area (Å²) in [4.78, 5) is 41.8. The molecule has 13 heteroatoms. The van der Waals surface area contributed by atoms with Gasteiger partial charge in [-0.05, 0) is 44.1 Å². The summed E-state index contributed by atoms with van der Waals surface area (Å²) in [6.07, 6.45) is 5.68. The summed E-state index contributed by atoms with van der Waals surface area (Å²) in [5.74, 6) is -6.70. The first-order valence-corrected chi connectivity index (χ1v) is 18.9. The highest BCUT2D eigenvalue weighted by Gasteiger charge is 2.94. The molecule has 13 nitrogen and oxygen atoms in total. The molecule has 0 spiro atoms. The summed E-state index contributed by atoms with van der Waals surface area (Å²) in [6, 6.07) is 0. The highest BCUT2D eigenvalue weighted by atomic mass is 16.9. The van der Waals surface area contributed by atoms with Crippen molar-refractivity contribution < 1.29 is 62.9 Å². The highest BCUT2D eigenvalue weighted by molar-refractivity contribution is 6.05. The van der Waals surface area contributed by atoms with Gasteiger partial charge in [0.25, 0.3) is 0 Å². The van der Waals surface area contributed by atoms with Gasteiger partial charge in [-0.15, -0.1) is 0 Å². The topological polar surface area (TPSA) is 183 Å². The molecule has 0 radical (unpaired) electrons. The molecular weight excluding hydrogens is 676 g/mol. The molecule has 3 aliphatic carbocycles. The fourth-order valence-electron chi connectivity index (χ4n) is 9.72. The second-order valence-electron chi connectivity index (χ2n) is 16.9. The third-order valence-electron chi connectivity index (χ3n) is 12.2. The van der Waals surface area contributed by atoms with Crippen molar-refractivity contribution in [3.63, 3.8) is 0 Å². The molecule has 7 rings (SSSR count). The number of ketones is 1. The molecule has 0 aromatic rings. The zero-order valence-corrected chi connectivity index (χ0v) is 31.2. The van der Waals surface area contributed by atoms with Crippen molar-refractivity contribution in [3.8, 4) is 0 Å². The number of hydrogen-bond donors (Lipinski definition) is 3. The first-order chi connectivity index (χ1) is 24.5. The fraction of sp³-hybridized carbons (Fsp3) is 0.769. The number of esters is 2. The van der Waals surface area contributed by atoms with Gasteiger partial charge in [0.05, 0.1) is 25.0 Å². The van der Waals surface area contributed by atoms with E-state index in [-0.39, 0.29) is 36.9 Å². The van der Waals surface area contributed by atoms with Crippen LogP contribution in [0.4, 0.5) is 0 Å². The maximum Gasteiger partial charge on any atom is 0.306 e. The van der Waals surface area contributed by atoms with Crippen LogP contribution in [0.15, 0.2) is 36.0 Å². The van der Waals surface area contributed by atoms with E-state index in [1.807, 2.05) is 39.8 Å². The molecule has 52 heavy (non-hydrogen) atoms. The summed E-state index contributed by atoms with van der Waals surface area (Å²) in [6.45, 7) is 12.3. The number of hydrogen-bond acceptors (Lipinski definition) is 13. The monoisotopic (exact) mass is 730 g/mol. The molecule has 13 atom stereocenters. The number of epoxide rings is 2. The van der Waals surface area contributed by atoms with Crippen molar-refractivity contribution in [1.29, 1.82) is 0 Å². The lowest BCUT2D eigenvalue weighted by Crippen LogP contribution is -2.81. The van der Waals surface area contributed by atoms with Crippen molar-refractivity contribution in [2.45, 2.75) is 151 Å². The Morgan fingerprint density at radius 1 is 1.00 bits per heavy atom. The number of carbonyl (C=O) groups is 3.